The molecule has 3 heterocycles. The van der Waals surface area contributed by atoms with E-state index in [0.29, 0.717) is 39.2 Å². The van der Waals surface area contributed by atoms with Crippen LogP contribution in [0.15, 0.2) is 219 Å². The molecule has 0 aliphatic heterocycles. The maximum Gasteiger partial charge on any atom is 3.00 e. The SMILES string of the molecule is [2H]C([2H])([2H])c1cc(-c2[c-]cccc2)ncc1CC([2H])([2H])c1cc(CC([2H])([2H])c2cnc(-c3[c-]cccc3)cc2C([2H])([2H])[2H])cc(-c2ccccc2-c2cnc(-c3[c-]ccc(-c4ccc(-c5ccccc5)cc4)c3)c3ccccc23)c1.[Ir+3]. The summed E-state index contributed by atoms with van der Waals surface area (Å²) in [6.45, 7) is -5.34. The standard InChI is InChI=1S/C67H50N3.Ir/c1-46-37-65(53-19-8-4-9-20-53)68-43-57(46)31-29-48-39-49(30-32-58-44-69-66(38-47(58)2)54-21-10-5-11-22-54)41-59(40-48)60-25-12-13-26-61(60)64-45-70-67(63-28-15-14-27-62(63)64)56-24-16-23-55(42-56)52-35-33-51(34-36-52)50-17-6-3-7-18-50;/h3-19,21,23,25-28,33-45H,29-32H2,1-2H3;/q-3;+3/i1D3,2D3,29D2,32D2;. The van der Waals surface area contributed by atoms with E-state index in [0.717, 1.165) is 55.4 Å². The minimum Gasteiger partial charge on any atom is -0.304 e. The second-order valence-corrected chi connectivity index (χ2v) is 17.1. The molecule has 0 saturated heterocycles. The van der Waals surface area contributed by atoms with E-state index in [1.165, 1.54) is 24.5 Å². The van der Waals surface area contributed by atoms with Gasteiger partial charge in [-0.1, -0.05) is 145 Å². The van der Waals surface area contributed by atoms with Gasteiger partial charge in [0, 0.05) is 37.9 Å². The molecule has 3 nitrogen and oxygen atoms in total. The predicted octanol–water partition coefficient (Wildman–Crippen LogP) is 16.3. The first kappa shape index (κ1) is 36.1. The normalized spacial score (nSPS) is 13.9. The van der Waals surface area contributed by atoms with E-state index in [2.05, 4.69) is 70.6 Å². The molecular formula is C67H50IrN3. The van der Waals surface area contributed by atoms with Gasteiger partial charge in [0.25, 0.3) is 0 Å². The van der Waals surface area contributed by atoms with Crippen molar-refractivity contribution in [2.75, 3.05) is 0 Å². The number of rotatable bonds is 13. The molecule has 342 valence electrons. The van der Waals surface area contributed by atoms with Crippen LogP contribution < -0.4 is 0 Å². The summed E-state index contributed by atoms with van der Waals surface area (Å²) in [6, 6.07) is 72.2. The zero-order valence-electron chi connectivity index (χ0n) is 48.4. The minimum absolute atomic E-state index is 0. The molecule has 0 unspecified atom stereocenters. The molecule has 0 atom stereocenters. The number of hydrogen-bond acceptors (Lipinski definition) is 3. The number of aryl methyl sites for hydroxylation is 6. The Hall–Kier alpha value is -7.88. The van der Waals surface area contributed by atoms with Crippen LogP contribution in [0.2, 0.25) is 0 Å². The van der Waals surface area contributed by atoms with Crippen molar-refractivity contribution >= 4 is 10.8 Å². The Morgan fingerprint density at radius 1 is 0.408 bits per heavy atom. The fourth-order valence-corrected chi connectivity index (χ4v) is 8.93. The molecular weight excluding hydrogens is 1040 g/mol. The van der Waals surface area contributed by atoms with Gasteiger partial charge in [0.1, 0.15) is 0 Å². The summed E-state index contributed by atoms with van der Waals surface area (Å²) in [7, 11) is 0. The van der Waals surface area contributed by atoms with E-state index in [1.54, 1.807) is 60.7 Å². The van der Waals surface area contributed by atoms with Crippen molar-refractivity contribution in [3.63, 3.8) is 0 Å². The third-order valence-corrected chi connectivity index (χ3v) is 12.5. The smallest absolute Gasteiger partial charge is 0.304 e. The Morgan fingerprint density at radius 3 is 1.70 bits per heavy atom. The third-order valence-electron chi connectivity index (χ3n) is 12.5. The maximum atomic E-state index is 9.80. The molecule has 0 bridgehead atoms. The van der Waals surface area contributed by atoms with Crippen molar-refractivity contribution in [3.8, 4) is 78.3 Å². The first-order chi connectivity index (χ1) is 38.4. The van der Waals surface area contributed by atoms with Crippen molar-refractivity contribution in [2.45, 2.75) is 39.3 Å². The van der Waals surface area contributed by atoms with Gasteiger partial charge >= 0.3 is 20.1 Å². The number of aromatic nitrogens is 3. The van der Waals surface area contributed by atoms with E-state index in [4.69, 9.17) is 13.2 Å². The van der Waals surface area contributed by atoms with E-state index >= 15 is 0 Å². The Labute approximate surface area is 445 Å². The Balaban J connectivity index is 0.00000736. The number of benzene rings is 8. The summed E-state index contributed by atoms with van der Waals surface area (Å²) >= 11 is 0. The molecule has 4 heteroatoms. The summed E-state index contributed by atoms with van der Waals surface area (Å²) in [5.41, 5.74) is 10.9. The molecule has 0 N–H and O–H groups in total. The fraction of sp³-hybridized carbons (Fsp3) is 0.0896. The van der Waals surface area contributed by atoms with Crippen molar-refractivity contribution in [3.05, 3.63) is 270 Å². The van der Waals surface area contributed by atoms with Crippen molar-refractivity contribution in [1.82, 2.24) is 15.0 Å². The summed E-state index contributed by atoms with van der Waals surface area (Å²) < 4.78 is 90.1. The Bertz CT molecular complexity index is 4040. The fourth-order valence-electron chi connectivity index (χ4n) is 8.93. The predicted molar refractivity (Wildman–Crippen MR) is 289 cm³/mol. The largest absolute Gasteiger partial charge is 3.00 e. The van der Waals surface area contributed by atoms with E-state index in [-0.39, 0.29) is 60.8 Å². The van der Waals surface area contributed by atoms with Gasteiger partial charge in [-0.2, -0.15) is 0 Å². The molecule has 0 saturated carbocycles. The Kier molecular flexibility index (Phi) is 10.9. The van der Waals surface area contributed by atoms with Crippen LogP contribution in [-0.2, 0) is 45.7 Å². The van der Waals surface area contributed by atoms with E-state index in [9.17, 15) is 5.48 Å². The van der Waals surface area contributed by atoms with Gasteiger partial charge in [-0.3, -0.25) is 0 Å². The van der Waals surface area contributed by atoms with Crippen molar-refractivity contribution in [1.29, 1.82) is 0 Å². The second-order valence-electron chi connectivity index (χ2n) is 17.1. The van der Waals surface area contributed by atoms with Crippen molar-refractivity contribution < 1.29 is 33.8 Å². The molecule has 3 aromatic heterocycles. The van der Waals surface area contributed by atoms with Crippen LogP contribution in [0.5, 0.6) is 0 Å². The third kappa shape index (κ3) is 10.4. The molecule has 71 heavy (non-hydrogen) atoms. The zero-order valence-corrected chi connectivity index (χ0v) is 40.8. The average Bonchev–Trinajstić information content (AvgIpc) is 3.47. The van der Waals surface area contributed by atoms with Gasteiger partial charge < -0.3 is 15.0 Å². The molecule has 0 amide bonds. The van der Waals surface area contributed by atoms with Crippen LogP contribution in [0.3, 0.4) is 0 Å². The first-order valence-corrected chi connectivity index (χ1v) is 23.1. The van der Waals surface area contributed by atoms with Gasteiger partial charge in [0.2, 0.25) is 0 Å². The van der Waals surface area contributed by atoms with Gasteiger partial charge in [-0.25, -0.2) is 0 Å². The quantitative estimate of drug-likeness (QED) is 0.108. The van der Waals surface area contributed by atoms with Crippen molar-refractivity contribution in [2.24, 2.45) is 0 Å². The topological polar surface area (TPSA) is 38.7 Å². The molecule has 11 aromatic rings. The van der Waals surface area contributed by atoms with Crippen LogP contribution in [0.25, 0.3) is 89.1 Å². The molecule has 11 rings (SSSR count). The number of fused-ring (bicyclic) bond motifs is 1. The maximum absolute atomic E-state index is 9.80. The Morgan fingerprint density at radius 2 is 1.00 bits per heavy atom. The van der Waals surface area contributed by atoms with Gasteiger partial charge in [0.15, 0.2) is 0 Å². The molecule has 0 aliphatic rings. The zero-order chi connectivity index (χ0) is 55.8. The number of pyridine rings is 3. The first-order valence-electron chi connectivity index (χ1n) is 28.1. The molecule has 0 aliphatic carbocycles. The monoisotopic (exact) mass is 1100 g/mol. The summed E-state index contributed by atoms with van der Waals surface area (Å²) in [5.74, 6) is 0. The summed E-state index contributed by atoms with van der Waals surface area (Å²) in [6.07, 6.45) is -0.819. The van der Waals surface area contributed by atoms with Gasteiger partial charge in [-0.15, -0.1) is 107 Å². The van der Waals surface area contributed by atoms with Gasteiger partial charge in [0.05, 0.1) is 0 Å². The number of nitrogens with zero attached hydrogens (tertiary/aromatic N) is 3. The summed E-state index contributed by atoms with van der Waals surface area (Å²) in [5, 5.41) is 1.79. The van der Waals surface area contributed by atoms with Crippen LogP contribution in [0, 0.1) is 31.9 Å². The molecule has 0 radical (unpaired) electrons. The minimum atomic E-state index is -2.72. The second kappa shape index (κ2) is 21.4. The molecule has 8 aromatic carbocycles. The number of hydrogen-bond donors (Lipinski definition) is 0. The average molecular weight is 1100 g/mol. The summed E-state index contributed by atoms with van der Waals surface area (Å²) in [4.78, 5) is 14.3. The van der Waals surface area contributed by atoms with Crippen LogP contribution in [0.1, 0.15) is 47.1 Å². The van der Waals surface area contributed by atoms with Crippen LogP contribution >= 0.6 is 0 Å². The van der Waals surface area contributed by atoms with E-state index < -0.39 is 26.4 Å². The molecule has 0 fully saturated rings. The van der Waals surface area contributed by atoms with Gasteiger partial charge in [-0.05, 0) is 123 Å². The molecule has 0 spiro atoms. The van der Waals surface area contributed by atoms with E-state index in [1.807, 2.05) is 91.1 Å². The van der Waals surface area contributed by atoms with Crippen LogP contribution in [-0.4, -0.2) is 15.0 Å². The van der Waals surface area contributed by atoms with Crippen LogP contribution in [0.4, 0.5) is 0 Å².